The number of hydrogen-bond donors (Lipinski definition) is 0. The van der Waals surface area contributed by atoms with Crippen LogP contribution in [-0.4, -0.2) is 39.2 Å². The van der Waals surface area contributed by atoms with E-state index in [2.05, 4.69) is 0 Å². The number of carbonyl (C=O) groups excluding carboxylic acids is 2. The second kappa shape index (κ2) is 10.4. The average Bonchev–Trinajstić information content (AvgIpc) is 2.79. The van der Waals surface area contributed by atoms with Crippen LogP contribution in [0.1, 0.15) is 39.2 Å². The average molecular weight is 449 g/mol. The van der Waals surface area contributed by atoms with Crippen molar-refractivity contribution in [2.75, 3.05) is 37.1 Å². The van der Waals surface area contributed by atoms with Crippen molar-refractivity contribution >= 4 is 23.3 Å². The number of allylic oxidation sites excluding steroid dienone is 2. The number of ether oxygens (including phenoxy) is 2. The van der Waals surface area contributed by atoms with E-state index in [9.17, 15) is 9.59 Å². The summed E-state index contributed by atoms with van der Waals surface area (Å²) in [5.74, 6) is -1.46. The van der Waals surface area contributed by atoms with E-state index in [4.69, 9.17) is 9.47 Å². The van der Waals surface area contributed by atoms with Gasteiger partial charge in [-0.2, -0.15) is 0 Å². The highest BCUT2D eigenvalue weighted by Crippen LogP contribution is 2.44. The van der Waals surface area contributed by atoms with Crippen molar-refractivity contribution in [3.8, 4) is 0 Å². The minimum Gasteiger partial charge on any atom is -0.463 e. The molecule has 0 aliphatic carbocycles. The summed E-state index contributed by atoms with van der Waals surface area (Å²) in [5.41, 5.74) is 5.07. The number of carbonyl (C=O) groups is 2. The summed E-state index contributed by atoms with van der Waals surface area (Å²) in [6.45, 7) is 7.83. The maximum atomic E-state index is 13.3. The molecule has 0 aromatic heterocycles. The van der Waals surface area contributed by atoms with Gasteiger partial charge in [0.2, 0.25) is 0 Å². The molecule has 33 heavy (non-hydrogen) atoms. The van der Waals surface area contributed by atoms with E-state index in [-0.39, 0.29) is 13.2 Å². The first-order valence-corrected chi connectivity index (χ1v) is 11.2. The van der Waals surface area contributed by atoms with Gasteiger partial charge in [0.25, 0.3) is 0 Å². The molecular formula is C27H32N2O4. The Bertz CT molecular complexity index is 1030. The first kappa shape index (κ1) is 24.1. The molecule has 3 rings (SSSR count). The Labute approximate surface area is 196 Å². The van der Waals surface area contributed by atoms with Crippen LogP contribution in [0.3, 0.4) is 0 Å². The third-order valence-corrected chi connectivity index (χ3v) is 5.78. The molecule has 0 saturated heterocycles. The Morgan fingerprint density at radius 2 is 1.30 bits per heavy atom. The molecule has 1 heterocycles. The van der Waals surface area contributed by atoms with Crippen LogP contribution in [-0.2, 0) is 19.1 Å². The SMILES string of the molecule is CCOC(=O)C1=C(C)N(c2ccc(N(C)C)cc2)C(C)=C(C(=O)OCC)C1c1ccccc1. The fourth-order valence-corrected chi connectivity index (χ4v) is 4.27. The van der Waals surface area contributed by atoms with Gasteiger partial charge >= 0.3 is 11.9 Å². The van der Waals surface area contributed by atoms with Crippen LogP contribution in [0.5, 0.6) is 0 Å². The van der Waals surface area contributed by atoms with Crippen molar-refractivity contribution in [3.05, 3.63) is 82.7 Å². The minimum absolute atomic E-state index is 0.242. The lowest BCUT2D eigenvalue weighted by atomic mass is 9.79. The molecule has 1 aliphatic heterocycles. The molecule has 174 valence electrons. The molecule has 2 aromatic rings. The number of anilines is 2. The molecule has 6 heteroatoms. The van der Waals surface area contributed by atoms with Crippen LogP contribution in [0.25, 0.3) is 0 Å². The summed E-state index contributed by atoms with van der Waals surface area (Å²) in [5, 5.41) is 0. The van der Waals surface area contributed by atoms with Gasteiger partial charge in [0.15, 0.2) is 0 Å². The molecule has 0 N–H and O–H groups in total. The predicted molar refractivity (Wildman–Crippen MR) is 131 cm³/mol. The molecule has 0 bridgehead atoms. The van der Waals surface area contributed by atoms with E-state index in [0.29, 0.717) is 11.1 Å². The summed E-state index contributed by atoms with van der Waals surface area (Å²) in [4.78, 5) is 30.5. The van der Waals surface area contributed by atoms with Gasteiger partial charge in [0, 0.05) is 36.9 Å². The van der Waals surface area contributed by atoms with Crippen LogP contribution >= 0.6 is 0 Å². The quantitative estimate of drug-likeness (QED) is 0.554. The Morgan fingerprint density at radius 1 is 0.818 bits per heavy atom. The van der Waals surface area contributed by atoms with Gasteiger partial charge in [-0.1, -0.05) is 30.3 Å². The number of hydrogen-bond acceptors (Lipinski definition) is 6. The second-order valence-electron chi connectivity index (χ2n) is 8.03. The maximum Gasteiger partial charge on any atom is 0.336 e. The smallest absolute Gasteiger partial charge is 0.336 e. The van der Waals surface area contributed by atoms with Gasteiger partial charge in [0.1, 0.15) is 0 Å². The molecule has 0 spiro atoms. The first-order chi connectivity index (χ1) is 15.8. The van der Waals surface area contributed by atoms with Crippen molar-refractivity contribution in [2.24, 2.45) is 0 Å². The molecule has 0 radical (unpaired) electrons. The number of nitrogens with zero attached hydrogens (tertiary/aromatic N) is 2. The van der Waals surface area contributed by atoms with Crippen molar-refractivity contribution in [3.63, 3.8) is 0 Å². The van der Waals surface area contributed by atoms with Crippen molar-refractivity contribution in [1.82, 2.24) is 0 Å². The zero-order valence-electron chi connectivity index (χ0n) is 20.2. The summed E-state index contributed by atoms with van der Waals surface area (Å²) >= 11 is 0. The highest BCUT2D eigenvalue weighted by Gasteiger charge is 2.40. The number of esters is 2. The second-order valence-corrected chi connectivity index (χ2v) is 8.03. The van der Waals surface area contributed by atoms with Gasteiger partial charge in [-0.15, -0.1) is 0 Å². The largest absolute Gasteiger partial charge is 0.463 e. The fourth-order valence-electron chi connectivity index (χ4n) is 4.27. The van der Waals surface area contributed by atoms with Crippen molar-refractivity contribution in [2.45, 2.75) is 33.6 Å². The lowest BCUT2D eigenvalue weighted by molar-refractivity contribution is -0.139. The van der Waals surface area contributed by atoms with Gasteiger partial charge in [0.05, 0.1) is 30.3 Å². The van der Waals surface area contributed by atoms with Crippen molar-refractivity contribution < 1.29 is 19.1 Å². The molecule has 1 aliphatic rings. The molecule has 0 amide bonds. The van der Waals surface area contributed by atoms with Crippen LogP contribution in [0, 0.1) is 0 Å². The van der Waals surface area contributed by atoms with E-state index in [0.717, 1.165) is 28.3 Å². The Balaban J connectivity index is 2.27. The zero-order chi connectivity index (χ0) is 24.1. The van der Waals surface area contributed by atoms with E-state index in [1.54, 1.807) is 13.8 Å². The molecule has 0 unspecified atom stereocenters. The fraction of sp³-hybridized carbons (Fsp3) is 0.333. The summed E-state index contributed by atoms with van der Waals surface area (Å²) in [7, 11) is 3.96. The topological polar surface area (TPSA) is 59.1 Å². The van der Waals surface area contributed by atoms with E-state index in [1.807, 2.05) is 92.3 Å². The first-order valence-electron chi connectivity index (χ1n) is 11.2. The third-order valence-electron chi connectivity index (χ3n) is 5.78. The number of rotatable bonds is 7. The maximum absolute atomic E-state index is 13.3. The summed E-state index contributed by atoms with van der Waals surface area (Å²) in [6.07, 6.45) is 0. The van der Waals surface area contributed by atoms with Crippen LogP contribution in [0.2, 0.25) is 0 Å². The monoisotopic (exact) mass is 448 g/mol. The zero-order valence-corrected chi connectivity index (χ0v) is 20.2. The molecule has 0 atom stereocenters. The van der Waals surface area contributed by atoms with Crippen LogP contribution < -0.4 is 9.80 Å². The van der Waals surface area contributed by atoms with Crippen LogP contribution in [0.4, 0.5) is 11.4 Å². The number of benzene rings is 2. The van der Waals surface area contributed by atoms with Gasteiger partial charge in [-0.05, 0) is 57.5 Å². The minimum atomic E-state index is -0.582. The van der Waals surface area contributed by atoms with E-state index >= 15 is 0 Å². The standard InChI is InChI=1S/C27H32N2O4/c1-7-32-26(30)23-18(3)29(22-16-14-21(15-17-22)28(5)6)19(4)24(27(31)33-8-2)25(23)20-12-10-9-11-13-20/h9-17,25H,7-8H2,1-6H3. The Kier molecular flexibility index (Phi) is 7.59. The summed E-state index contributed by atoms with van der Waals surface area (Å²) < 4.78 is 10.9. The van der Waals surface area contributed by atoms with Crippen molar-refractivity contribution in [1.29, 1.82) is 0 Å². The molecule has 0 saturated carbocycles. The lowest BCUT2D eigenvalue weighted by Crippen LogP contribution is -2.35. The predicted octanol–water partition coefficient (Wildman–Crippen LogP) is 5.03. The molecule has 2 aromatic carbocycles. The van der Waals surface area contributed by atoms with Gasteiger partial charge in [-0.25, -0.2) is 9.59 Å². The highest BCUT2D eigenvalue weighted by molar-refractivity contribution is 6.01. The Morgan fingerprint density at radius 3 is 1.73 bits per heavy atom. The summed E-state index contributed by atoms with van der Waals surface area (Å²) in [6, 6.07) is 17.5. The third kappa shape index (κ3) is 4.80. The lowest BCUT2D eigenvalue weighted by Gasteiger charge is -2.38. The Hall–Kier alpha value is -3.54. The highest BCUT2D eigenvalue weighted by atomic mass is 16.5. The van der Waals surface area contributed by atoms with Gasteiger partial charge < -0.3 is 19.3 Å². The van der Waals surface area contributed by atoms with Gasteiger partial charge in [-0.3, -0.25) is 0 Å². The molecular weight excluding hydrogens is 416 g/mol. The van der Waals surface area contributed by atoms with E-state index < -0.39 is 17.9 Å². The normalized spacial score (nSPS) is 14.4. The molecule has 6 nitrogen and oxygen atoms in total. The van der Waals surface area contributed by atoms with E-state index in [1.165, 1.54) is 0 Å². The van der Waals surface area contributed by atoms with Crippen LogP contribution in [0.15, 0.2) is 77.1 Å². The molecule has 0 fully saturated rings.